The van der Waals surface area contributed by atoms with Crippen molar-refractivity contribution in [3.63, 3.8) is 0 Å². The lowest BCUT2D eigenvalue weighted by molar-refractivity contribution is -0.134. The average Bonchev–Trinajstić information content (AvgIpc) is 3.03. The van der Waals surface area contributed by atoms with Gasteiger partial charge in [0.2, 0.25) is 5.91 Å². The highest BCUT2D eigenvalue weighted by Gasteiger charge is 2.41. The van der Waals surface area contributed by atoms with Gasteiger partial charge in [0.05, 0.1) is 10.3 Å². The molecule has 1 N–H and O–H groups in total. The number of hydrogen-bond donors (Lipinski definition) is 1. The van der Waals surface area contributed by atoms with Crippen molar-refractivity contribution in [1.29, 1.82) is 0 Å². The van der Waals surface area contributed by atoms with Crippen molar-refractivity contribution >= 4 is 23.6 Å². The fourth-order valence-corrected chi connectivity index (χ4v) is 4.23. The van der Waals surface area contributed by atoms with Crippen LogP contribution in [-0.4, -0.2) is 32.4 Å². The first-order chi connectivity index (χ1) is 9.49. The van der Waals surface area contributed by atoms with Gasteiger partial charge >= 0.3 is 5.97 Å². The number of hydrogen-bond acceptors (Lipinski definition) is 3. The summed E-state index contributed by atoms with van der Waals surface area (Å²) in [7, 11) is 0. The van der Waals surface area contributed by atoms with Gasteiger partial charge in [-0.05, 0) is 48.8 Å². The zero-order chi connectivity index (χ0) is 14.3. The summed E-state index contributed by atoms with van der Waals surface area (Å²) >= 11 is 1.74. The van der Waals surface area contributed by atoms with Gasteiger partial charge in [0, 0.05) is 13.1 Å². The van der Waals surface area contributed by atoms with Crippen LogP contribution >= 0.6 is 11.8 Å². The van der Waals surface area contributed by atoms with Crippen molar-refractivity contribution in [2.24, 2.45) is 0 Å². The molecule has 1 atom stereocenters. The number of thioether (sulfide) groups is 1. The van der Waals surface area contributed by atoms with Gasteiger partial charge in [0.15, 0.2) is 0 Å². The number of rotatable bonds is 2. The number of carbonyl (C=O) groups excluding carboxylic acids is 1. The second kappa shape index (κ2) is 4.81. The van der Waals surface area contributed by atoms with E-state index in [0.29, 0.717) is 18.7 Å². The maximum Gasteiger partial charge on any atom is 0.335 e. The Balaban J connectivity index is 1.80. The second-order valence-electron chi connectivity index (χ2n) is 5.63. The van der Waals surface area contributed by atoms with E-state index < -0.39 is 5.97 Å². The van der Waals surface area contributed by atoms with E-state index in [4.69, 9.17) is 5.11 Å². The molecule has 0 aromatic heterocycles. The molecule has 1 aromatic rings. The molecule has 2 aliphatic heterocycles. The fraction of sp³-hybridized carbons (Fsp3) is 0.467. The molecule has 2 aliphatic rings. The maximum absolute atomic E-state index is 12.6. The Morgan fingerprint density at radius 3 is 2.70 bits per heavy atom. The zero-order valence-corrected chi connectivity index (χ0v) is 12.2. The molecule has 1 saturated heterocycles. The number of benzene rings is 1. The lowest BCUT2D eigenvalue weighted by atomic mass is 10.0. The number of nitrogens with zero attached hydrogens (tertiary/aromatic N) is 1. The van der Waals surface area contributed by atoms with Crippen LogP contribution in [-0.2, 0) is 17.9 Å². The third-order valence-electron chi connectivity index (χ3n) is 4.13. The fourth-order valence-electron chi connectivity index (χ4n) is 2.95. The van der Waals surface area contributed by atoms with Crippen LogP contribution in [0.4, 0.5) is 0 Å². The van der Waals surface area contributed by atoms with Crippen molar-refractivity contribution in [3.8, 4) is 0 Å². The van der Waals surface area contributed by atoms with Gasteiger partial charge in [-0.2, -0.15) is 0 Å². The highest BCUT2D eigenvalue weighted by molar-refractivity contribution is 8.01. The molecule has 4 nitrogen and oxygen atoms in total. The molecule has 1 unspecified atom stereocenters. The van der Waals surface area contributed by atoms with E-state index in [1.54, 1.807) is 23.9 Å². The largest absolute Gasteiger partial charge is 0.478 e. The molecule has 0 spiro atoms. The smallest absolute Gasteiger partial charge is 0.335 e. The Hall–Kier alpha value is -1.49. The molecular formula is C15H17NO3S. The van der Waals surface area contributed by atoms with Crippen LogP contribution in [0.5, 0.6) is 0 Å². The minimum atomic E-state index is -0.920. The highest BCUT2D eigenvalue weighted by Crippen LogP contribution is 2.40. The summed E-state index contributed by atoms with van der Waals surface area (Å²) in [5.74, 6) is 0.315. The SMILES string of the molecule is CC1(C(=O)N2Cc3ccc(C(=O)O)cc3C2)CCCS1. The van der Waals surface area contributed by atoms with Gasteiger partial charge in [0.1, 0.15) is 0 Å². The van der Waals surface area contributed by atoms with Crippen LogP contribution in [0.2, 0.25) is 0 Å². The monoisotopic (exact) mass is 291 g/mol. The number of carboxylic acids is 1. The topological polar surface area (TPSA) is 57.6 Å². The second-order valence-corrected chi connectivity index (χ2v) is 7.23. The van der Waals surface area contributed by atoms with Gasteiger partial charge in [-0.25, -0.2) is 4.79 Å². The van der Waals surface area contributed by atoms with E-state index in [-0.39, 0.29) is 10.7 Å². The Morgan fingerprint density at radius 1 is 1.30 bits per heavy atom. The first kappa shape index (κ1) is 13.5. The molecule has 0 saturated carbocycles. The van der Waals surface area contributed by atoms with Crippen LogP contribution in [0.25, 0.3) is 0 Å². The minimum absolute atomic E-state index is 0.188. The first-order valence-corrected chi connectivity index (χ1v) is 7.77. The molecule has 106 valence electrons. The summed E-state index contributed by atoms with van der Waals surface area (Å²) < 4.78 is -0.294. The van der Waals surface area contributed by atoms with E-state index >= 15 is 0 Å². The number of carboxylic acid groups (broad SMARTS) is 1. The normalized spacial score (nSPS) is 24.8. The van der Waals surface area contributed by atoms with E-state index in [1.807, 2.05) is 17.9 Å². The molecule has 5 heteroatoms. The van der Waals surface area contributed by atoms with Gasteiger partial charge in [-0.3, -0.25) is 4.79 Å². The summed E-state index contributed by atoms with van der Waals surface area (Å²) in [5.41, 5.74) is 2.32. The van der Waals surface area contributed by atoms with E-state index in [0.717, 1.165) is 29.7 Å². The Bertz CT molecular complexity index is 578. The lowest BCUT2D eigenvalue weighted by Crippen LogP contribution is -2.40. The predicted molar refractivity (Wildman–Crippen MR) is 77.8 cm³/mol. The first-order valence-electron chi connectivity index (χ1n) is 6.78. The van der Waals surface area contributed by atoms with Crippen molar-refractivity contribution in [2.75, 3.05) is 5.75 Å². The standard InChI is InChI=1S/C15H17NO3S/c1-15(5-2-6-20-15)14(19)16-8-11-4-3-10(13(17)18)7-12(11)9-16/h3-4,7H,2,5-6,8-9H2,1H3,(H,17,18). The molecule has 0 bridgehead atoms. The Morgan fingerprint density at radius 2 is 2.05 bits per heavy atom. The van der Waals surface area contributed by atoms with Crippen molar-refractivity contribution in [2.45, 2.75) is 37.6 Å². The molecule has 1 fully saturated rings. The Kier molecular flexibility index (Phi) is 3.24. The summed E-state index contributed by atoms with van der Waals surface area (Å²) in [5, 5.41) is 9.02. The van der Waals surface area contributed by atoms with Crippen LogP contribution in [0.15, 0.2) is 18.2 Å². The number of amides is 1. The summed E-state index contributed by atoms with van der Waals surface area (Å²) in [6, 6.07) is 5.13. The van der Waals surface area contributed by atoms with Crippen LogP contribution in [0, 0.1) is 0 Å². The van der Waals surface area contributed by atoms with Gasteiger partial charge in [-0.1, -0.05) is 6.07 Å². The third kappa shape index (κ3) is 2.20. The van der Waals surface area contributed by atoms with Crippen molar-refractivity contribution < 1.29 is 14.7 Å². The van der Waals surface area contributed by atoms with Crippen LogP contribution in [0.1, 0.15) is 41.3 Å². The maximum atomic E-state index is 12.6. The Labute approximate surface area is 122 Å². The average molecular weight is 291 g/mol. The predicted octanol–water partition coefficient (Wildman–Crippen LogP) is 2.51. The van der Waals surface area contributed by atoms with E-state index in [2.05, 4.69) is 0 Å². The molecule has 1 amide bonds. The van der Waals surface area contributed by atoms with Crippen LogP contribution in [0.3, 0.4) is 0 Å². The van der Waals surface area contributed by atoms with Crippen molar-refractivity contribution in [3.05, 3.63) is 34.9 Å². The molecular weight excluding hydrogens is 274 g/mol. The summed E-state index contributed by atoms with van der Waals surface area (Å²) in [6.45, 7) is 3.16. The molecule has 3 rings (SSSR count). The highest BCUT2D eigenvalue weighted by atomic mass is 32.2. The number of fused-ring (bicyclic) bond motifs is 1. The third-order valence-corrected chi connectivity index (χ3v) is 5.64. The molecule has 1 aromatic carbocycles. The van der Waals surface area contributed by atoms with Gasteiger partial charge < -0.3 is 10.0 Å². The molecule has 0 aliphatic carbocycles. The zero-order valence-electron chi connectivity index (χ0n) is 11.4. The minimum Gasteiger partial charge on any atom is -0.478 e. The van der Waals surface area contributed by atoms with Gasteiger partial charge in [-0.15, -0.1) is 11.8 Å². The van der Waals surface area contributed by atoms with E-state index in [1.165, 1.54) is 0 Å². The summed E-state index contributed by atoms with van der Waals surface area (Å²) in [4.78, 5) is 25.5. The van der Waals surface area contributed by atoms with Crippen LogP contribution < -0.4 is 0 Å². The number of carbonyl (C=O) groups is 2. The number of aromatic carboxylic acids is 1. The quantitative estimate of drug-likeness (QED) is 0.909. The van der Waals surface area contributed by atoms with Gasteiger partial charge in [0.25, 0.3) is 0 Å². The molecule has 20 heavy (non-hydrogen) atoms. The van der Waals surface area contributed by atoms with Crippen molar-refractivity contribution in [1.82, 2.24) is 4.90 Å². The molecule has 2 heterocycles. The van der Waals surface area contributed by atoms with E-state index in [9.17, 15) is 9.59 Å². The summed E-state index contributed by atoms with van der Waals surface area (Å²) in [6.07, 6.45) is 2.03. The lowest BCUT2D eigenvalue weighted by Gasteiger charge is -2.27. The molecule has 0 radical (unpaired) electrons.